The van der Waals surface area contributed by atoms with E-state index in [9.17, 15) is 14.0 Å². The van der Waals surface area contributed by atoms with E-state index >= 15 is 0 Å². The van der Waals surface area contributed by atoms with E-state index in [4.69, 9.17) is 0 Å². The van der Waals surface area contributed by atoms with Crippen LogP contribution in [0.5, 0.6) is 0 Å². The lowest BCUT2D eigenvalue weighted by molar-refractivity contribution is -0.139. The summed E-state index contributed by atoms with van der Waals surface area (Å²) in [6, 6.07) is 14.2. The van der Waals surface area contributed by atoms with Gasteiger partial charge in [-0.05, 0) is 36.2 Å². The molecule has 0 radical (unpaired) electrons. The first kappa shape index (κ1) is 21.3. The van der Waals surface area contributed by atoms with E-state index in [2.05, 4.69) is 29.3 Å². The Morgan fingerprint density at radius 2 is 1.84 bits per heavy atom. The predicted octanol–water partition coefficient (Wildman–Crippen LogP) is 2.17. The second kappa shape index (κ2) is 9.47. The Morgan fingerprint density at radius 3 is 2.58 bits per heavy atom. The lowest BCUT2D eigenvalue weighted by Crippen LogP contribution is -2.57. The molecular weight excluding hydrogens is 395 g/mol. The van der Waals surface area contributed by atoms with Crippen molar-refractivity contribution in [3.05, 3.63) is 65.5 Å². The van der Waals surface area contributed by atoms with Crippen molar-refractivity contribution in [1.82, 2.24) is 15.1 Å². The van der Waals surface area contributed by atoms with Gasteiger partial charge in [0.2, 0.25) is 11.8 Å². The van der Waals surface area contributed by atoms with Crippen molar-refractivity contribution >= 4 is 17.5 Å². The second-order valence-electron chi connectivity index (χ2n) is 8.27. The molecule has 1 N–H and O–H groups in total. The molecule has 0 unspecified atom stereocenters. The summed E-state index contributed by atoms with van der Waals surface area (Å²) in [6.07, 6.45) is 0.144. The van der Waals surface area contributed by atoms with Crippen molar-refractivity contribution < 1.29 is 14.0 Å². The second-order valence-corrected chi connectivity index (χ2v) is 8.27. The number of halogens is 1. The first-order valence-electron chi connectivity index (χ1n) is 10.9. The SMILES string of the molecule is Cc1ccccc1N1CCN(C(=O)C[C@@H]2C(=O)NCCN2Cc2cccc(F)c2)CC1. The van der Waals surface area contributed by atoms with Crippen LogP contribution >= 0.6 is 0 Å². The molecule has 164 valence electrons. The maximum Gasteiger partial charge on any atom is 0.237 e. The van der Waals surface area contributed by atoms with Crippen LogP contribution in [0.25, 0.3) is 0 Å². The molecule has 0 spiro atoms. The molecule has 2 aliphatic rings. The summed E-state index contributed by atoms with van der Waals surface area (Å²) >= 11 is 0. The Bertz CT molecular complexity index is 943. The van der Waals surface area contributed by atoms with Crippen LogP contribution in [0.3, 0.4) is 0 Å². The van der Waals surface area contributed by atoms with Gasteiger partial charge in [0, 0.05) is 51.5 Å². The van der Waals surface area contributed by atoms with Gasteiger partial charge in [0.05, 0.1) is 12.5 Å². The molecule has 0 bridgehead atoms. The topological polar surface area (TPSA) is 55.9 Å². The quantitative estimate of drug-likeness (QED) is 0.800. The Morgan fingerprint density at radius 1 is 1.06 bits per heavy atom. The number of hydrogen-bond acceptors (Lipinski definition) is 4. The summed E-state index contributed by atoms with van der Waals surface area (Å²) in [6.45, 7) is 6.57. The average Bonchev–Trinajstić information content (AvgIpc) is 2.76. The maximum atomic E-state index is 13.6. The normalized spacial score (nSPS) is 19.9. The number of amides is 2. The third-order valence-electron chi connectivity index (χ3n) is 6.17. The Hall–Kier alpha value is -2.93. The molecule has 31 heavy (non-hydrogen) atoms. The zero-order chi connectivity index (χ0) is 21.8. The highest BCUT2D eigenvalue weighted by Gasteiger charge is 2.33. The van der Waals surface area contributed by atoms with E-state index in [-0.39, 0.29) is 24.1 Å². The first-order valence-corrected chi connectivity index (χ1v) is 10.9. The number of aryl methyl sites for hydroxylation is 1. The summed E-state index contributed by atoms with van der Waals surface area (Å²) in [7, 11) is 0. The monoisotopic (exact) mass is 424 g/mol. The molecule has 2 fully saturated rings. The molecule has 0 aliphatic carbocycles. The van der Waals surface area contributed by atoms with Gasteiger partial charge in [0.1, 0.15) is 5.82 Å². The molecule has 2 aromatic rings. The van der Waals surface area contributed by atoms with E-state index in [1.54, 1.807) is 6.07 Å². The van der Waals surface area contributed by atoms with Crippen LogP contribution in [0, 0.1) is 12.7 Å². The van der Waals surface area contributed by atoms with E-state index in [0.717, 1.165) is 18.7 Å². The average molecular weight is 425 g/mol. The smallest absolute Gasteiger partial charge is 0.237 e. The number of benzene rings is 2. The molecule has 2 heterocycles. The highest BCUT2D eigenvalue weighted by Crippen LogP contribution is 2.22. The largest absolute Gasteiger partial charge is 0.368 e. The number of rotatable bonds is 5. The molecule has 2 aromatic carbocycles. The first-order chi connectivity index (χ1) is 15.0. The summed E-state index contributed by atoms with van der Waals surface area (Å²) in [5, 5.41) is 2.87. The van der Waals surface area contributed by atoms with E-state index in [0.29, 0.717) is 32.7 Å². The molecule has 4 rings (SSSR count). The molecule has 7 heteroatoms. The lowest BCUT2D eigenvalue weighted by atomic mass is 10.1. The van der Waals surface area contributed by atoms with Gasteiger partial charge >= 0.3 is 0 Å². The number of nitrogens with zero attached hydrogens (tertiary/aromatic N) is 3. The van der Waals surface area contributed by atoms with Crippen LogP contribution in [0.1, 0.15) is 17.5 Å². The number of nitrogens with one attached hydrogen (secondary N) is 1. The molecule has 2 amide bonds. The molecular formula is C24H29FN4O2. The molecule has 2 saturated heterocycles. The van der Waals surface area contributed by atoms with Crippen LogP contribution in [-0.2, 0) is 16.1 Å². The summed E-state index contributed by atoms with van der Waals surface area (Å²) in [5.74, 6) is -0.427. The van der Waals surface area contributed by atoms with Crippen molar-refractivity contribution in [1.29, 1.82) is 0 Å². The van der Waals surface area contributed by atoms with Crippen molar-refractivity contribution in [2.75, 3.05) is 44.2 Å². The standard InChI is InChI=1S/C24H29FN4O2/c1-18-5-2-3-8-21(18)27-11-13-28(14-12-27)23(30)16-22-24(31)26-9-10-29(22)17-19-6-4-7-20(25)15-19/h2-8,15,22H,9-14,16-17H2,1H3,(H,26,31)/t22-/m1/s1. The summed E-state index contributed by atoms with van der Waals surface area (Å²) in [4.78, 5) is 31.7. The van der Waals surface area contributed by atoms with Gasteiger partial charge in [-0.1, -0.05) is 30.3 Å². The zero-order valence-electron chi connectivity index (χ0n) is 17.9. The third-order valence-corrected chi connectivity index (χ3v) is 6.17. The number of carbonyl (C=O) groups excluding carboxylic acids is 2. The van der Waals surface area contributed by atoms with Gasteiger partial charge in [0.25, 0.3) is 0 Å². The number of para-hydroxylation sites is 1. The minimum Gasteiger partial charge on any atom is -0.368 e. The predicted molar refractivity (Wildman–Crippen MR) is 118 cm³/mol. The van der Waals surface area contributed by atoms with Crippen LogP contribution in [0.4, 0.5) is 10.1 Å². The van der Waals surface area contributed by atoms with Crippen molar-refractivity contribution in [2.45, 2.75) is 25.9 Å². The maximum absolute atomic E-state index is 13.6. The van der Waals surface area contributed by atoms with Gasteiger partial charge in [-0.3, -0.25) is 14.5 Å². The van der Waals surface area contributed by atoms with Gasteiger partial charge in [-0.25, -0.2) is 4.39 Å². The number of anilines is 1. The van der Waals surface area contributed by atoms with Crippen LogP contribution in [0.2, 0.25) is 0 Å². The number of hydrogen-bond donors (Lipinski definition) is 1. The minimum absolute atomic E-state index is 0.00396. The van der Waals surface area contributed by atoms with Crippen molar-refractivity contribution in [3.8, 4) is 0 Å². The van der Waals surface area contributed by atoms with Crippen LogP contribution in [-0.4, -0.2) is 66.9 Å². The lowest BCUT2D eigenvalue weighted by Gasteiger charge is -2.39. The van der Waals surface area contributed by atoms with Crippen LogP contribution in [0.15, 0.2) is 48.5 Å². The Kier molecular flexibility index (Phi) is 6.51. The van der Waals surface area contributed by atoms with E-state index < -0.39 is 6.04 Å². The molecule has 2 aliphatic heterocycles. The third kappa shape index (κ3) is 5.05. The van der Waals surface area contributed by atoms with Gasteiger partial charge in [0.15, 0.2) is 0 Å². The fourth-order valence-corrected chi connectivity index (χ4v) is 4.45. The van der Waals surface area contributed by atoms with Crippen molar-refractivity contribution in [2.24, 2.45) is 0 Å². The number of piperazine rings is 2. The van der Waals surface area contributed by atoms with Crippen molar-refractivity contribution in [3.63, 3.8) is 0 Å². The summed E-state index contributed by atoms with van der Waals surface area (Å²) < 4.78 is 13.6. The Balaban J connectivity index is 1.37. The molecule has 0 aromatic heterocycles. The molecule has 6 nitrogen and oxygen atoms in total. The van der Waals surface area contributed by atoms with E-state index in [1.165, 1.54) is 23.4 Å². The van der Waals surface area contributed by atoms with E-state index in [1.807, 2.05) is 28.0 Å². The molecule has 1 atom stereocenters. The highest BCUT2D eigenvalue weighted by molar-refractivity contribution is 5.89. The fourth-order valence-electron chi connectivity index (χ4n) is 4.45. The Labute approximate surface area is 182 Å². The minimum atomic E-state index is -0.529. The number of carbonyl (C=O) groups is 2. The van der Waals surface area contributed by atoms with Gasteiger partial charge in [-0.2, -0.15) is 0 Å². The summed E-state index contributed by atoms with van der Waals surface area (Å²) in [5.41, 5.74) is 3.25. The zero-order valence-corrected chi connectivity index (χ0v) is 17.9. The van der Waals surface area contributed by atoms with Gasteiger partial charge < -0.3 is 15.1 Å². The highest BCUT2D eigenvalue weighted by atomic mass is 19.1. The van der Waals surface area contributed by atoms with Crippen LogP contribution < -0.4 is 10.2 Å². The molecule has 0 saturated carbocycles. The fraction of sp³-hybridized carbons (Fsp3) is 0.417. The van der Waals surface area contributed by atoms with Gasteiger partial charge in [-0.15, -0.1) is 0 Å².